The third kappa shape index (κ3) is 4.72. The second-order valence-corrected chi connectivity index (χ2v) is 4.26. The number of halogens is 4. The molecule has 0 aromatic heterocycles. The van der Waals surface area contributed by atoms with Gasteiger partial charge in [0, 0.05) is 5.69 Å². The second kappa shape index (κ2) is 6.65. The van der Waals surface area contributed by atoms with Gasteiger partial charge in [-0.15, -0.1) is 13.2 Å². The molecule has 0 atom stereocenters. The van der Waals surface area contributed by atoms with Gasteiger partial charge in [0.2, 0.25) is 0 Å². The molecule has 0 unspecified atom stereocenters. The molecule has 1 rings (SSSR count). The van der Waals surface area contributed by atoms with E-state index in [0.717, 1.165) is 6.07 Å². The van der Waals surface area contributed by atoms with E-state index in [9.17, 15) is 13.2 Å². The molecule has 0 fully saturated rings. The first-order valence-corrected chi connectivity index (χ1v) is 5.87. The normalized spacial score (nSPS) is 9.76. The van der Waals surface area contributed by atoms with Crippen LogP contribution in [0.15, 0.2) is 33.9 Å². The quantitative estimate of drug-likeness (QED) is 0.835. The lowest BCUT2D eigenvalue weighted by molar-refractivity contribution is -0.274. The Balaban J connectivity index is 3.07. The first-order chi connectivity index (χ1) is 9.80. The van der Waals surface area contributed by atoms with Crippen LogP contribution in [0, 0.1) is 34.0 Å². The molecule has 106 valence electrons. The molecule has 0 bridgehead atoms. The molecular weight excluding hydrogens is 353 g/mol. The Morgan fingerprint density at radius 3 is 2.19 bits per heavy atom. The predicted molar refractivity (Wildman–Crippen MR) is 68.3 cm³/mol. The third-order valence-electron chi connectivity index (χ3n) is 2.01. The average Bonchev–Trinajstić information content (AvgIpc) is 2.40. The Morgan fingerprint density at radius 2 is 1.76 bits per heavy atom. The SMILES string of the molecule is N#CC(C#N)=C(C#N)Nc1ccc(OC(F)(F)F)c(Br)c1. The van der Waals surface area contributed by atoms with Gasteiger partial charge in [-0.3, -0.25) is 0 Å². The Kier molecular flexibility index (Phi) is 5.18. The number of nitrogens with one attached hydrogen (secondary N) is 1. The van der Waals surface area contributed by atoms with Crippen LogP contribution in [-0.2, 0) is 0 Å². The highest BCUT2D eigenvalue weighted by molar-refractivity contribution is 9.10. The van der Waals surface area contributed by atoms with Gasteiger partial charge in [-0.2, -0.15) is 15.8 Å². The zero-order valence-electron chi connectivity index (χ0n) is 9.99. The molecule has 0 spiro atoms. The number of rotatable bonds is 3. The fourth-order valence-corrected chi connectivity index (χ4v) is 1.67. The maximum absolute atomic E-state index is 12.1. The summed E-state index contributed by atoms with van der Waals surface area (Å²) in [5.41, 5.74) is -0.545. The van der Waals surface area contributed by atoms with Crippen molar-refractivity contribution in [3.63, 3.8) is 0 Å². The highest BCUT2D eigenvalue weighted by Gasteiger charge is 2.31. The number of hydrogen-bond donors (Lipinski definition) is 1. The molecule has 0 aliphatic heterocycles. The van der Waals surface area contributed by atoms with Crippen LogP contribution in [0.25, 0.3) is 0 Å². The molecule has 0 radical (unpaired) electrons. The fourth-order valence-electron chi connectivity index (χ4n) is 1.21. The number of hydrogen-bond acceptors (Lipinski definition) is 5. The maximum atomic E-state index is 12.1. The molecule has 21 heavy (non-hydrogen) atoms. The predicted octanol–water partition coefficient (Wildman–Crippen LogP) is 3.58. The monoisotopic (exact) mass is 356 g/mol. The van der Waals surface area contributed by atoms with Crippen LogP contribution in [0.5, 0.6) is 5.75 Å². The number of allylic oxidation sites excluding steroid dienone is 2. The van der Waals surface area contributed by atoms with E-state index in [1.54, 1.807) is 6.07 Å². The minimum absolute atomic E-state index is 0.0161. The number of nitrogens with zero attached hydrogens (tertiary/aromatic N) is 3. The van der Waals surface area contributed by atoms with Crippen LogP contribution in [0.3, 0.4) is 0 Å². The minimum atomic E-state index is -4.83. The minimum Gasteiger partial charge on any atom is -0.405 e. The van der Waals surface area contributed by atoms with E-state index in [1.165, 1.54) is 24.3 Å². The lowest BCUT2D eigenvalue weighted by atomic mass is 10.2. The van der Waals surface area contributed by atoms with E-state index in [4.69, 9.17) is 15.8 Å². The highest BCUT2D eigenvalue weighted by atomic mass is 79.9. The first kappa shape index (κ1) is 16.4. The van der Waals surface area contributed by atoms with Gasteiger partial charge in [0.25, 0.3) is 0 Å². The third-order valence-corrected chi connectivity index (χ3v) is 2.63. The van der Waals surface area contributed by atoms with Crippen LogP contribution in [0.2, 0.25) is 0 Å². The molecule has 0 saturated carbocycles. The molecule has 9 heteroatoms. The Hall–Kier alpha value is -2.70. The summed E-state index contributed by atoms with van der Waals surface area (Å²) in [5, 5.41) is 28.6. The summed E-state index contributed by atoms with van der Waals surface area (Å²) < 4.78 is 40.0. The average molecular weight is 357 g/mol. The van der Waals surface area contributed by atoms with Crippen molar-refractivity contribution in [2.24, 2.45) is 0 Å². The van der Waals surface area contributed by atoms with Gasteiger partial charge in [0.05, 0.1) is 4.47 Å². The number of alkyl halides is 3. The molecule has 1 aromatic carbocycles. The molecule has 1 aromatic rings. The van der Waals surface area contributed by atoms with E-state index < -0.39 is 17.7 Å². The van der Waals surface area contributed by atoms with Crippen molar-refractivity contribution in [3.8, 4) is 24.0 Å². The number of ether oxygens (including phenoxy) is 1. The van der Waals surface area contributed by atoms with Crippen LogP contribution < -0.4 is 10.1 Å². The summed E-state index contributed by atoms with van der Waals surface area (Å²) in [6, 6.07) is 8.12. The van der Waals surface area contributed by atoms with Crippen molar-refractivity contribution in [2.75, 3.05) is 5.32 Å². The summed E-state index contributed by atoms with van der Waals surface area (Å²) in [6.07, 6.45) is -4.83. The van der Waals surface area contributed by atoms with Crippen molar-refractivity contribution in [2.45, 2.75) is 6.36 Å². The highest BCUT2D eigenvalue weighted by Crippen LogP contribution is 2.32. The van der Waals surface area contributed by atoms with E-state index in [1.807, 2.05) is 0 Å². The molecule has 0 aliphatic rings. The molecular formula is C12H4BrF3N4O. The number of benzene rings is 1. The summed E-state index contributed by atoms with van der Waals surface area (Å²) in [6.45, 7) is 0. The zero-order chi connectivity index (χ0) is 16.0. The van der Waals surface area contributed by atoms with E-state index in [-0.39, 0.29) is 15.9 Å². The summed E-state index contributed by atoms with van der Waals surface area (Å²) >= 11 is 2.89. The first-order valence-electron chi connectivity index (χ1n) is 5.07. The number of nitriles is 3. The van der Waals surface area contributed by atoms with Gasteiger partial charge in [0.15, 0.2) is 5.57 Å². The summed E-state index contributed by atoms with van der Waals surface area (Å²) in [7, 11) is 0. The van der Waals surface area contributed by atoms with Gasteiger partial charge >= 0.3 is 6.36 Å². The molecule has 0 heterocycles. The zero-order valence-corrected chi connectivity index (χ0v) is 11.6. The van der Waals surface area contributed by atoms with Crippen LogP contribution in [0.4, 0.5) is 18.9 Å². The number of anilines is 1. The van der Waals surface area contributed by atoms with Gasteiger partial charge < -0.3 is 10.1 Å². The van der Waals surface area contributed by atoms with Crippen molar-refractivity contribution >= 4 is 21.6 Å². The lowest BCUT2D eigenvalue weighted by Crippen LogP contribution is -2.17. The van der Waals surface area contributed by atoms with Crippen LogP contribution in [-0.4, -0.2) is 6.36 Å². The van der Waals surface area contributed by atoms with Crippen molar-refractivity contribution in [1.29, 1.82) is 15.8 Å². The molecule has 0 aliphatic carbocycles. The molecule has 0 amide bonds. The fraction of sp³-hybridized carbons (Fsp3) is 0.0833. The van der Waals surface area contributed by atoms with Crippen molar-refractivity contribution < 1.29 is 17.9 Å². The largest absolute Gasteiger partial charge is 0.573 e. The van der Waals surface area contributed by atoms with Crippen LogP contribution in [0.1, 0.15) is 0 Å². The van der Waals surface area contributed by atoms with Crippen molar-refractivity contribution in [1.82, 2.24) is 0 Å². The van der Waals surface area contributed by atoms with Gasteiger partial charge in [-0.25, -0.2) is 0 Å². The Morgan fingerprint density at radius 1 is 1.14 bits per heavy atom. The molecule has 0 saturated heterocycles. The lowest BCUT2D eigenvalue weighted by Gasteiger charge is -2.12. The van der Waals surface area contributed by atoms with Gasteiger partial charge in [-0.1, -0.05) is 0 Å². The van der Waals surface area contributed by atoms with Gasteiger partial charge in [-0.05, 0) is 34.1 Å². The summed E-state index contributed by atoms with van der Waals surface area (Å²) in [4.78, 5) is 0. The Bertz CT molecular complexity index is 691. The topological polar surface area (TPSA) is 92.6 Å². The maximum Gasteiger partial charge on any atom is 0.573 e. The van der Waals surface area contributed by atoms with E-state index in [0.29, 0.717) is 0 Å². The second-order valence-electron chi connectivity index (χ2n) is 3.40. The van der Waals surface area contributed by atoms with Crippen LogP contribution >= 0.6 is 15.9 Å². The Labute approximate surface area is 125 Å². The van der Waals surface area contributed by atoms with E-state index >= 15 is 0 Å². The van der Waals surface area contributed by atoms with Gasteiger partial charge in [0.1, 0.15) is 29.7 Å². The van der Waals surface area contributed by atoms with Crippen molar-refractivity contribution in [3.05, 3.63) is 33.9 Å². The smallest absolute Gasteiger partial charge is 0.405 e. The standard InChI is InChI=1S/C12H4BrF3N4O/c13-9-3-8(1-2-11(9)21-12(14,15)16)20-10(6-19)7(4-17)5-18/h1-3,20H. The molecule has 5 nitrogen and oxygen atoms in total. The summed E-state index contributed by atoms with van der Waals surface area (Å²) in [5.74, 6) is -0.462. The molecule has 1 N–H and O–H groups in total. The van der Waals surface area contributed by atoms with E-state index in [2.05, 4.69) is 26.0 Å².